The van der Waals surface area contributed by atoms with E-state index in [1.807, 2.05) is 6.07 Å². The van der Waals surface area contributed by atoms with E-state index in [4.69, 9.17) is 0 Å². The molecule has 0 aliphatic carbocycles. The minimum Gasteiger partial charge on any atom is -0.322 e. The molecule has 1 N–H and O–H groups in total. The van der Waals surface area contributed by atoms with Crippen molar-refractivity contribution in [3.63, 3.8) is 0 Å². The van der Waals surface area contributed by atoms with Crippen LogP contribution in [0.3, 0.4) is 0 Å². The molecule has 0 bridgehead atoms. The van der Waals surface area contributed by atoms with Crippen LogP contribution >= 0.6 is 0 Å². The molecule has 0 aromatic heterocycles. The van der Waals surface area contributed by atoms with E-state index in [1.165, 1.54) is 6.92 Å². The Hall–Kier alpha value is -2.95. The summed E-state index contributed by atoms with van der Waals surface area (Å²) in [4.78, 5) is 37.4. The van der Waals surface area contributed by atoms with Crippen LogP contribution in [0.15, 0.2) is 48.5 Å². The van der Waals surface area contributed by atoms with Crippen molar-refractivity contribution in [2.75, 3.05) is 16.8 Å². The molecule has 0 spiro atoms. The fourth-order valence-electron chi connectivity index (χ4n) is 2.76. The Balaban J connectivity index is 1.79. The van der Waals surface area contributed by atoms with E-state index in [2.05, 4.69) is 5.32 Å². The second-order valence-corrected chi connectivity index (χ2v) is 5.79. The Morgan fingerprint density at radius 2 is 1.79 bits per heavy atom. The van der Waals surface area contributed by atoms with Crippen LogP contribution in [0, 0.1) is 0 Å². The molecule has 0 atom stereocenters. The zero-order chi connectivity index (χ0) is 17.1. The molecular formula is C19H18N2O3. The average molecular weight is 322 g/mol. The molecule has 0 unspecified atom stereocenters. The molecule has 1 aliphatic rings. The Labute approximate surface area is 140 Å². The van der Waals surface area contributed by atoms with Crippen LogP contribution in [0.25, 0.3) is 0 Å². The fourth-order valence-corrected chi connectivity index (χ4v) is 2.76. The summed E-state index contributed by atoms with van der Waals surface area (Å²) in [6.07, 6.45) is 1.39. The molecule has 5 nitrogen and oxygen atoms in total. The number of Topliss-reactive ketones (excluding diaryl/α,β-unsaturated/α-hetero) is 1. The van der Waals surface area contributed by atoms with Gasteiger partial charge in [-0.3, -0.25) is 14.4 Å². The maximum absolute atomic E-state index is 12.4. The first kappa shape index (κ1) is 15.9. The summed E-state index contributed by atoms with van der Waals surface area (Å²) in [6.45, 7) is 2.17. The third-order valence-electron chi connectivity index (χ3n) is 4.02. The molecule has 1 aliphatic heterocycles. The second-order valence-electron chi connectivity index (χ2n) is 5.79. The van der Waals surface area contributed by atoms with Crippen molar-refractivity contribution in [1.82, 2.24) is 0 Å². The van der Waals surface area contributed by atoms with E-state index >= 15 is 0 Å². The largest absolute Gasteiger partial charge is 0.322 e. The molecule has 0 saturated carbocycles. The predicted molar refractivity (Wildman–Crippen MR) is 92.4 cm³/mol. The highest BCUT2D eigenvalue weighted by Crippen LogP contribution is 2.23. The maximum atomic E-state index is 12.4. The predicted octanol–water partition coefficient (Wildman–Crippen LogP) is 3.27. The summed E-state index contributed by atoms with van der Waals surface area (Å²) in [6, 6.07) is 13.8. The van der Waals surface area contributed by atoms with Gasteiger partial charge in [0.1, 0.15) is 0 Å². The summed E-state index contributed by atoms with van der Waals surface area (Å²) in [5.41, 5.74) is 2.32. The smallest absolute Gasteiger partial charge is 0.255 e. The molecule has 2 aromatic rings. The van der Waals surface area contributed by atoms with Gasteiger partial charge in [-0.1, -0.05) is 18.2 Å². The van der Waals surface area contributed by atoms with Crippen LogP contribution in [0.2, 0.25) is 0 Å². The van der Waals surface area contributed by atoms with Crippen molar-refractivity contribution in [1.29, 1.82) is 0 Å². The molecule has 0 radical (unpaired) electrons. The van der Waals surface area contributed by atoms with Crippen LogP contribution in [0.1, 0.15) is 40.5 Å². The summed E-state index contributed by atoms with van der Waals surface area (Å²) < 4.78 is 0. The van der Waals surface area contributed by atoms with Gasteiger partial charge < -0.3 is 10.2 Å². The number of hydrogen-bond acceptors (Lipinski definition) is 3. The lowest BCUT2D eigenvalue weighted by atomic mass is 10.1. The highest BCUT2D eigenvalue weighted by molar-refractivity contribution is 6.06. The van der Waals surface area contributed by atoms with E-state index in [0.717, 1.165) is 12.1 Å². The molecule has 122 valence electrons. The summed E-state index contributed by atoms with van der Waals surface area (Å²) in [5, 5.41) is 2.79. The van der Waals surface area contributed by atoms with Gasteiger partial charge >= 0.3 is 0 Å². The number of carbonyl (C=O) groups excluding carboxylic acids is 3. The van der Waals surface area contributed by atoms with Gasteiger partial charge in [0.15, 0.2) is 5.78 Å². The van der Waals surface area contributed by atoms with Crippen molar-refractivity contribution < 1.29 is 14.4 Å². The van der Waals surface area contributed by atoms with Gasteiger partial charge in [0.05, 0.1) is 0 Å². The fraction of sp³-hybridized carbons (Fsp3) is 0.211. The monoisotopic (exact) mass is 322 g/mol. The van der Waals surface area contributed by atoms with E-state index < -0.39 is 0 Å². The van der Waals surface area contributed by atoms with Gasteiger partial charge in [-0.25, -0.2) is 0 Å². The van der Waals surface area contributed by atoms with Gasteiger partial charge in [-0.2, -0.15) is 0 Å². The Morgan fingerprint density at radius 3 is 2.50 bits per heavy atom. The van der Waals surface area contributed by atoms with Crippen LogP contribution in [0.4, 0.5) is 11.4 Å². The number of benzene rings is 2. The average Bonchev–Trinajstić information content (AvgIpc) is 3.01. The normalized spacial score (nSPS) is 13.9. The topological polar surface area (TPSA) is 66.5 Å². The van der Waals surface area contributed by atoms with Gasteiger partial charge in [0, 0.05) is 35.5 Å². The summed E-state index contributed by atoms with van der Waals surface area (Å²) in [7, 11) is 0. The number of anilines is 2. The molecule has 24 heavy (non-hydrogen) atoms. The van der Waals surface area contributed by atoms with E-state index in [9.17, 15) is 14.4 Å². The van der Waals surface area contributed by atoms with Crippen molar-refractivity contribution in [2.24, 2.45) is 0 Å². The van der Waals surface area contributed by atoms with E-state index in [-0.39, 0.29) is 17.6 Å². The molecule has 1 heterocycles. The second kappa shape index (κ2) is 6.66. The highest BCUT2D eigenvalue weighted by atomic mass is 16.2. The van der Waals surface area contributed by atoms with Crippen LogP contribution < -0.4 is 10.2 Å². The molecular weight excluding hydrogens is 304 g/mol. The zero-order valence-corrected chi connectivity index (χ0v) is 13.4. The van der Waals surface area contributed by atoms with Crippen molar-refractivity contribution in [2.45, 2.75) is 19.8 Å². The first-order valence-corrected chi connectivity index (χ1v) is 7.87. The molecule has 3 rings (SSSR count). The zero-order valence-electron chi connectivity index (χ0n) is 13.4. The first-order valence-electron chi connectivity index (χ1n) is 7.87. The highest BCUT2D eigenvalue weighted by Gasteiger charge is 2.22. The van der Waals surface area contributed by atoms with Crippen LogP contribution in [-0.2, 0) is 4.79 Å². The van der Waals surface area contributed by atoms with Gasteiger partial charge in [0.2, 0.25) is 5.91 Å². The molecule has 2 aromatic carbocycles. The molecule has 1 fully saturated rings. The number of amides is 2. The SMILES string of the molecule is CC(=O)c1cccc(NC(=O)c2cccc(N3CCCC3=O)c2)c1. The first-order chi connectivity index (χ1) is 11.5. The lowest BCUT2D eigenvalue weighted by Gasteiger charge is -2.16. The number of carbonyl (C=O) groups is 3. The maximum Gasteiger partial charge on any atom is 0.255 e. The van der Waals surface area contributed by atoms with E-state index in [0.29, 0.717) is 29.8 Å². The number of nitrogens with one attached hydrogen (secondary N) is 1. The Morgan fingerprint density at radius 1 is 1.04 bits per heavy atom. The molecule has 1 saturated heterocycles. The third kappa shape index (κ3) is 3.35. The number of nitrogens with zero attached hydrogens (tertiary/aromatic N) is 1. The third-order valence-corrected chi connectivity index (χ3v) is 4.02. The number of rotatable bonds is 4. The van der Waals surface area contributed by atoms with E-state index in [1.54, 1.807) is 47.4 Å². The lowest BCUT2D eigenvalue weighted by molar-refractivity contribution is -0.117. The lowest BCUT2D eigenvalue weighted by Crippen LogP contribution is -2.24. The van der Waals surface area contributed by atoms with Crippen molar-refractivity contribution in [3.05, 3.63) is 59.7 Å². The van der Waals surface area contributed by atoms with Gasteiger partial charge in [0.25, 0.3) is 5.91 Å². The summed E-state index contributed by atoms with van der Waals surface area (Å²) in [5.74, 6) is -0.244. The van der Waals surface area contributed by atoms with Crippen molar-refractivity contribution >= 4 is 29.0 Å². The Kier molecular flexibility index (Phi) is 4.42. The quantitative estimate of drug-likeness (QED) is 0.879. The minimum absolute atomic E-state index is 0.0550. The van der Waals surface area contributed by atoms with Gasteiger partial charge in [-0.15, -0.1) is 0 Å². The number of ketones is 1. The van der Waals surface area contributed by atoms with Crippen LogP contribution in [0.5, 0.6) is 0 Å². The molecule has 5 heteroatoms. The Bertz CT molecular complexity index is 814. The minimum atomic E-state index is -0.274. The van der Waals surface area contributed by atoms with Crippen molar-refractivity contribution in [3.8, 4) is 0 Å². The molecule has 2 amide bonds. The van der Waals surface area contributed by atoms with Crippen LogP contribution in [-0.4, -0.2) is 24.1 Å². The number of hydrogen-bond donors (Lipinski definition) is 1. The van der Waals surface area contributed by atoms with Gasteiger partial charge in [-0.05, 0) is 43.7 Å². The summed E-state index contributed by atoms with van der Waals surface area (Å²) >= 11 is 0. The standard InChI is InChI=1S/C19H18N2O3/c1-13(22)14-5-2-7-16(11-14)20-19(24)15-6-3-8-17(12-15)21-10-4-9-18(21)23/h2-3,5-8,11-12H,4,9-10H2,1H3,(H,20,24).